The molecule has 0 aromatic heterocycles. The molecule has 4 heteroatoms. The second kappa shape index (κ2) is 5.11. The molecule has 0 aliphatic heterocycles. The molecule has 84 valence electrons. The van der Waals surface area contributed by atoms with Gasteiger partial charge >= 0.3 is 0 Å². The standard InChI is InChI=1S/C11H18N2O2/c1-7-3-2-4-9(14)10(7)11(15)8(13)5-6-12/h2-4,8,11,14-15H,5-6,12-13H2,1H3. The summed E-state index contributed by atoms with van der Waals surface area (Å²) < 4.78 is 0. The number of nitrogens with two attached hydrogens (primary N) is 2. The summed E-state index contributed by atoms with van der Waals surface area (Å²) in [4.78, 5) is 0. The molecule has 4 nitrogen and oxygen atoms in total. The highest BCUT2D eigenvalue weighted by Crippen LogP contribution is 2.29. The third-order valence-corrected chi connectivity index (χ3v) is 2.50. The lowest BCUT2D eigenvalue weighted by Crippen LogP contribution is -2.31. The molecule has 0 heterocycles. The van der Waals surface area contributed by atoms with Crippen LogP contribution in [0.2, 0.25) is 0 Å². The predicted octanol–water partition coefficient (Wildman–Crippen LogP) is 0.410. The van der Waals surface area contributed by atoms with Crippen LogP contribution in [0.15, 0.2) is 18.2 Å². The van der Waals surface area contributed by atoms with Crippen molar-refractivity contribution < 1.29 is 10.2 Å². The minimum absolute atomic E-state index is 0.0787. The fraction of sp³-hybridized carbons (Fsp3) is 0.455. The molecule has 0 amide bonds. The Morgan fingerprint density at radius 1 is 1.40 bits per heavy atom. The number of aryl methyl sites for hydroxylation is 1. The Morgan fingerprint density at radius 3 is 2.60 bits per heavy atom. The molecule has 0 saturated heterocycles. The first-order valence-corrected chi connectivity index (χ1v) is 5.00. The fourth-order valence-electron chi connectivity index (χ4n) is 1.61. The van der Waals surface area contributed by atoms with Gasteiger partial charge in [-0.1, -0.05) is 12.1 Å². The number of hydrogen-bond donors (Lipinski definition) is 4. The highest BCUT2D eigenvalue weighted by molar-refractivity contribution is 5.40. The van der Waals surface area contributed by atoms with E-state index in [-0.39, 0.29) is 5.75 Å². The van der Waals surface area contributed by atoms with Crippen LogP contribution in [0.1, 0.15) is 23.7 Å². The Kier molecular flexibility index (Phi) is 4.08. The van der Waals surface area contributed by atoms with Crippen molar-refractivity contribution in [2.75, 3.05) is 6.54 Å². The molecule has 0 bridgehead atoms. The number of aliphatic hydroxyl groups is 1. The van der Waals surface area contributed by atoms with E-state index in [1.165, 1.54) is 0 Å². The molecule has 0 fully saturated rings. The third kappa shape index (κ3) is 2.68. The largest absolute Gasteiger partial charge is 0.508 e. The van der Waals surface area contributed by atoms with Crippen molar-refractivity contribution >= 4 is 0 Å². The topological polar surface area (TPSA) is 92.5 Å². The van der Waals surface area contributed by atoms with E-state index in [4.69, 9.17) is 11.5 Å². The quantitative estimate of drug-likeness (QED) is 0.579. The highest BCUT2D eigenvalue weighted by Gasteiger charge is 2.20. The van der Waals surface area contributed by atoms with Gasteiger partial charge in [-0.3, -0.25) is 0 Å². The SMILES string of the molecule is Cc1cccc(O)c1C(O)C(N)CCN. The van der Waals surface area contributed by atoms with E-state index in [0.29, 0.717) is 18.5 Å². The van der Waals surface area contributed by atoms with Gasteiger partial charge in [-0.05, 0) is 31.5 Å². The van der Waals surface area contributed by atoms with Gasteiger partial charge in [-0.2, -0.15) is 0 Å². The van der Waals surface area contributed by atoms with Crippen molar-refractivity contribution in [2.45, 2.75) is 25.5 Å². The van der Waals surface area contributed by atoms with Crippen LogP contribution in [0, 0.1) is 6.92 Å². The van der Waals surface area contributed by atoms with Crippen molar-refractivity contribution in [1.82, 2.24) is 0 Å². The Morgan fingerprint density at radius 2 is 2.07 bits per heavy atom. The first-order valence-electron chi connectivity index (χ1n) is 5.00. The molecule has 0 spiro atoms. The molecule has 0 saturated carbocycles. The van der Waals surface area contributed by atoms with Crippen molar-refractivity contribution in [3.8, 4) is 5.75 Å². The third-order valence-electron chi connectivity index (χ3n) is 2.50. The van der Waals surface area contributed by atoms with Gasteiger partial charge in [0, 0.05) is 11.6 Å². The maximum absolute atomic E-state index is 9.94. The van der Waals surface area contributed by atoms with E-state index in [9.17, 15) is 10.2 Å². The van der Waals surface area contributed by atoms with Crippen LogP contribution < -0.4 is 11.5 Å². The van der Waals surface area contributed by atoms with Crippen LogP contribution in [0.5, 0.6) is 5.75 Å². The predicted molar refractivity (Wildman–Crippen MR) is 59.5 cm³/mol. The normalized spacial score (nSPS) is 14.9. The monoisotopic (exact) mass is 210 g/mol. The zero-order valence-corrected chi connectivity index (χ0v) is 8.85. The summed E-state index contributed by atoms with van der Waals surface area (Å²) in [6.45, 7) is 2.25. The Bertz CT molecular complexity index is 308. The van der Waals surface area contributed by atoms with Gasteiger partial charge in [-0.15, -0.1) is 0 Å². The van der Waals surface area contributed by atoms with Gasteiger partial charge < -0.3 is 21.7 Å². The molecule has 1 aromatic rings. The van der Waals surface area contributed by atoms with Crippen molar-refractivity contribution in [3.63, 3.8) is 0 Å². The molecule has 0 aliphatic carbocycles. The van der Waals surface area contributed by atoms with Crippen molar-refractivity contribution in [2.24, 2.45) is 11.5 Å². The lowest BCUT2D eigenvalue weighted by Gasteiger charge is -2.21. The van der Waals surface area contributed by atoms with E-state index >= 15 is 0 Å². The summed E-state index contributed by atoms with van der Waals surface area (Å²) in [5.74, 6) is 0.0787. The Balaban J connectivity index is 2.94. The van der Waals surface area contributed by atoms with Crippen LogP contribution in [-0.4, -0.2) is 22.8 Å². The minimum atomic E-state index is -0.866. The zero-order chi connectivity index (χ0) is 11.4. The smallest absolute Gasteiger partial charge is 0.121 e. The maximum Gasteiger partial charge on any atom is 0.121 e. The first kappa shape index (κ1) is 12.0. The average molecular weight is 210 g/mol. The Labute approximate surface area is 89.5 Å². The van der Waals surface area contributed by atoms with Crippen LogP contribution in [0.25, 0.3) is 0 Å². The fourth-order valence-corrected chi connectivity index (χ4v) is 1.61. The van der Waals surface area contributed by atoms with Crippen molar-refractivity contribution in [3.05, 3.63) is 29.3 Å². The summed E-state index contributed by atoms with van der Waals surface area (Å²) in [7, 11) is 0. The molecule has 6 N–H and O–H groups in total. The number of benzene rings is 1. The van der Waals surface area contributed by atoms with E-state index < -0.39 is 12.1 Å². The average Bonchev–Trinajstić information content (AvgIpc) is 2.17. The van der Waals surface area contributed by atoms with E-state index in [0.717, 1.165) is 5.56 Å². The van der Waals surface area contributed by atoms with Gasteiger partial charge in [-0.25, -0.2) is 0 Å². The number of phenols is 1. The number of hydrogen-bond acceptors (Lipinski definition) is 4. The van der Waals surface area contributed by atoms with Crippen LogP contribution in [-0.2, 0) is 0 Å². The molecular formula is C11H18N2O2. The summed E-state index contributed by atoms with van der Waals surface area (Å²) >= 11 is 0. The van der Waals surface area contributed by atoms with Crippen LogP contribution >= 0.6 is 0 Å². The number of aliphatic hydroxyl groups excluding tert-OH is 1. The van der Waals surface area contributed by atoms with Gasteiger partial charge in [0.2, 0.25) is 0 Å². The molecular weight excluding hydrogens is 192 g/mol. The molecule has 15 heavy (non-hydrogen) atoms. The maximum atomic E-state index is 9.94. The Hall–Kier alpha value is -1.10. The summed E-state index contributed by atoms with van der Waals surface area (Å²) in [5.41, 5.74) is 12.5. The molecule has 2 atom stereocenters. The molecule has 1 rings (SSSR count). The minimum Gasteiger partial charge on any atom is -0.508 e. The summed E-state index contributed by atoms with van der Waals surface area (Å²) in [6, 6.07) is 4.66. The van der Waals surface area contributed by atoms with Gasteiger partial charge in [0.15, 0.2) is 0 Å². The van der Waals surface area contributed by atoms with Crippen LogP contribution in [0.4, 0.5) is 0 Å². The van der Waals surface area contributed by atoms with Gasteiger partial charge in [0.25, 0.3) is 0 Å². The lowest BCUT2D eigenvalue weighted by atomic mass is 9.96. The number of phenolic OH excluding ortho intramolecular Hbond substituents is 1. The molecule has 0 radical (unpaired) electrons. The zero-order valence-electron chi connectivity index (χ0n) is 8.85. The van der Waals surface area contributed by atoms with E-state index in [1.807, 2.05) is 13.0 Å². The van der Waals surface area contributed by atoms with Crippen molar-refractivity contribution in [1.29, 1.82) is 0 Å². The van der Waals surface area contributed by atoms with E-state index in [2.05, 4.69) is 0 Å². The van der Waals surface area contributed by atoms with E-state index in [1.54, 1.807) is 12.1 Å². The number of aromatic hydroxyl groups is 1. The summed E-state index contributed by atoms with van der Waals surface area (Å²) in [5, 5.41) is 19.6. The molecule has 1 aromatic carbocycles. The summed E-state index contributed by atoms with van der Waals surface area (Å²) in [6.07, 6.45) is -0.343. The second-order valence-corrected chi connectivity index (χ2v) is 3.69. The highest BCUT2D eigenvalue weighted by atomic mass is 16.3. The van der Waals surface area contributed by atoms with Gasteiger partial charge in [0.05, 0.1) is 6.10 Å². The lowest BCUT2D eigenvalue weighted by molar-refractivity contribution is 0.139. The molecule has 0 aliphatic rings. The van der Waals surface area contributed by atoms with Crippen LogP contribution in [0.3, 0.4) is 0 Å². The molecule has 2 unspecified atom stereocenters. The second-order valence-electron chi connectivity index (χ2n) is 3.69. The van der Waals surface area contributed by atoms with Gasteiger partial charge in [0.1, 0.15) is 5.75 Å². The number of rotatable bonds is 4. The first-order chi connectivity index (χ1) is 7.07.